The van der Waals surface area contributed by atoms with Crippen molar-refractivity contribution in [1.82, 2.24) is 25.6 Å². The zero-order chi connectivity index (χ0) is 16.7. The van der Waals surface area contributed by atoms with Crippen molar-refractivity contribution in [3.05, 3.63) is 42.0 Å². The van der Waals surface area contributed by atoms with Crippen molar-refractivity contribution in [3.63, 3.8) is 0 Å². The summed E-state index contributed by atoms with van der Waals surface area (Å²) in [5, 5.41) is 3.88. The number of ether oxygens (including phenoxy) is 1. The van der Waals surface area contributed by atoms with Gasteiger partial charge < -0.3 is 4.74 Å². The minimum Gasteiger partial charge on any atom is -0.483 e. The van der Waals surface area contributed by atoms with E-state index in [0.29, 0.717) is 12.3 Å². The van der Waals surface area contributed by atoms with E-state index in [0.717, 1.165) is 11.1 Å². The van der Waals surface area contributed by atoms with Crippen molar-refractivity contribution < 1.29 is 14.3 Å². The molecule has 0 aliphatic heterocycles. The molecular formula is C15H19N5O3. The van der Waals surface area contributed by atoms with E-state index in [2.05, 4.69) is 20.9 Å². The minimum atomic E-state index is -0.431. The summed E-state index contributed by atoms with van der Waals surface area (Å²) in [5.74, 6) is -0.0988. The van der Waals surface area contributed by atoms with E-state index >= 15 is 0 Å². The highest BCUT2D eigenvalue weighted by Gasteiger charge is 2.07. The van der Waals surface area contributed by atoms with Gasteiger partial charge in [0.25, 0.3) is 5.91 Å². The summed E-state index contributed by atoms with van der Waals surface area (Å²) < 4.78 is 6.98. The van der Waals surface area contributed by atoms with Crippen LogP contribution in [-0.2, 0) is 16.1 Å². The van der Waals surface area contributed by atoms with Crippen molar-refractivity contribution in [2.24, 2.45) is 0 Å². The largest absolute Gasteiger partial charge is 0.483 e. The molecule has 0 fully saturated rings. The molecule has 0 atom stereocenters. The van der Waals surface area contributed by atoms with E-state index in [-0.39, 0.29) is 18.9 Å². The minimum absolute atomic E-state index is 0.173. The molecule has 0 unspecified atom stereocenters. The molecule has 1 aromatic heterocycles. The molecule has 2 rings (SSSR count). The van der Waals surface area contributed by atoms with E-state index in [9.17, 15) is 9.59 Å². The number of nitrogens with zero attached hydrogens (tertiary/aromatic N) is 3. The van der Waals surface area contributed by atoms with Crippen molar-refractivity contribution in [1.29, 1.82) is 0 Å². The summed E-state index contributed by atoms with van der Waals surface area (Å²) in [5.41, 5.74) is 6.63. The number of rotatable bonds is 6. The molecule has 0 radical (unpaired) electrons. The van der Waals surface area contributed by atoms with Gasteiger partial charge >= 0.3 is 0 Å². The van der Waals surface area contributed by atoms with Gasteiger partial charge in [-0.1, -0.05) is 12.1 Å². The molecule has 8 nitrogen and oxygen atoms in total. The second-order valence-corrected chi connectivity index (χ2v) is 5.06. The second-order valence-electron chi connectivity index (χ2n) is 5.06. The molecule has 1 aromatic carbocycles. The molecule has 0 bridgehead atoms. The van der Waals surface area contributed by atoms with E-state index in [4.69, 9.17) is 4.74 Å². The number of aromatic nitrogens is 3. The first-order chi connectivity index (χ1) is 11.0. The van der Waals surface area contributed by atoms with Gasteiger partial charge in [0.15, 0.2) is 6.61 Å². The Morgan fingerprint density at radius 1 is 1.22 bits per heavy atom. The first kappa shape index (κ1) is 16.5. The van der Waals surface area contributed by atoms with Crippen LogP contribution < -0.4 is 15.6 Å². The highest BCUT2D eigenvalue weighted by atomic mass is 16.5. The van der Waals surface area contributed by atoms with Gasteiger partial charge in [0.2, 0.25) is 5.91 Å². The molecule has 2 aromatic rings. The number of amides is 2. The lowest BCUT2D eigenvalue weighted by Gasteiger charge is -2.11. The SMILES string of the molecule is Cc1ccc(C)c(OCC(=O)NNC(=O)CCn2cncn2)c1. The molecule has 0 spiro atoms. The Bertz CT molecular complexity index is 670. The van der Waals surface area contributed by atoms with Gasteiger partial charge in [-0.3, -0.25) is 25.1 Å². The number of aryl methyl sites for hydroxylation is 3. The number of hydrogen-bond donors (Lipinski definition) is 2. The quantitative estimate of drug-likeness (QED) is 0.757. The second kappa shape index (κ2) is 7.92. The van der Waals surface area contributed by atoms with Crippen LogP contribution in [0.2, 0.25) is 0 Å². The predicted octanol–water partition coefficient (Wildman–Crippen LogP) is 0.511. The standard InChI is InChI=1S/C15H19N5O3/c1-11-3-4-12(2)13(7-11)23-8-15(22)19-18-14(21)5-6-20-10-16-9-17-20/h3-4,7,9-10H,5-6,8H2,1-2H3,(H,18,21)(H,19,22). The summed E-state index contributed by atoms with van der Waals surface area (Å²) >= 11 is 0. The number of hydrazine groups is 1. The average Bonchev–Trinajstić information content (AvgIpc) is 3.05. The number of nitrogens with one attached hydrogen (secondary N) is 2. The highest BCUT2D eigenvalue weighted by Crippen LogP contribution is 2.18. The average molecular weight is 317 g/mol. The molecule has 0 aliphatic carbocycles. The van der Waals surface area contributed by atoms with Gasteiger partial charge in [-0.15, -0.1) is 0 Å². The first-order valence-electron chi connectivity index (χ1n) is 7.15. The number of carbonyl (C=O) groups excluding carboxylic acids is 2. The number of carbonyl (C=O) groups is 2. The molecule has 23 heavy (non-hydrogen) atoms. The van der Waals surface area contributed by atoms with Gasteiger partial charge in [0, 0.05) is 6.42 Å². The molecule has 0 saturated heterocycles. The van der Waals surface area contributed by atoms with Crippen molar-refractivity contribution in [2.45, 2.75) is 26.8 Å². The molecule has 0 saturated carbocycles. The monoisotopic (exact) mass is 317 g/mol. The third-order valence-corrected chi connectivity index (χ3v) is 3.08. The Kier molecular flexibility index (Phi) is 5.67. The summed E-state index contributed by atoms with van der Waals surface area (Å²) in [6.07, 6.45) is 3.09. The van der Waals surface area contributed by atoms with E-state index in [1.165, 1.54) is 17.3 Å². The van der Waals surface area contributed by atoms with Crippen LogP contribution in [0.15, 0.2) is 30.9 Å². The normalized spacial score (nSPS) is 10.2. The van der Waals surface area contributed by atoms with Gasteiger partial charge in [-0.2, -0.15) is 5.10 Å². The first-order valence-corrected chi connectivity index (χ1v) is 7.15. The molecule has 2 N–H and O–H groups in total. The molecular weight excluding hydrogens is 298 g/mol. The maximum atomic E-state index is 11.7. The summed E-state index contributed by atoms with van der Waals surface area (Å²) in [6.45, 7) is 4.06. The Labute approximate surface area is 133 Å². The lowest BCUT2D eigenvalue weighted by atomic mass is 10.1. The fourth-order valence-electron chi connectivity index (χ4n) is 1.81. The van der Waals surface area contributed by atoms with Crippen molar-refractivity contribution in [2.75, 3.05) is 6.61 Å². The van der Waals surface area contributed by atoms with Crippen LogP contribution in [0.5, 0.6) is 5.75 Å². The van der Waals surface area contributed by atoms with Gasteiger partial charge in [-0.05, 0) is 31.0 Å². The molecule has 1 heterocycles. The van der Waals surface area contributed by atoms with Gasteiger partial charge in [0.05, 0.1) is 6.54 Å². The fourth-order valence-corrected chi connectivity index (χ4v) is 1.81. The smallest absolute Gasteiger partial charge is 0.276 e. The lowest BCUT2D eigenvalue weighted by molar-refractivity contribution is -0.130. The van der Waals surface area contributed by atoms with Gasteiger partial charge in [0.1, 0.15) is 18.4 Å². The Morgan fingerprint density at radius 2 is 2.00 bits per heavy atom. The van der Waals surface area contributed by atoms with Crippen molar-refractivity contribution >= 4 is 11.8 Å². The fraction of sp³-hybridized carbons (Fsp3) is 0.333. The van der Waals surface area contributed by atoms with Crippen LogP contribution in [0.4, 0.5) is 0 Å². The van der Waals surface area contributed by atoms with Gasteiger partial charge in [-0.25, -0.2) is 4.98 Å². The number of hydrogen-bond acceptors (Lipinski definition) is 5. The maximum Gasteiger partial charge on any atom is 0.276 e. The van der Waals surface area contributed by atoms with E-state index in [1.54, 1.807) is 0 Å². The summed E-state index contributed by atoms with van der Waals surface area (Å²) in [4.78, 5) is 27.0. The van der Waals surface area contributed by atoms with E-state index < -0.39 is 5.91 Å². The van der Waals surface area contributed by atoms with Crippen LogP contribution in [-0.4, -0.2) is 33.2 Å². The Morgan fingerprint density at radius 3 is 2.74 bits per heavy atom. The highest BCUT2D eigenvalue weighted by molar-refractivity contribution is 5.82. The Balaban J connectivity index is 1.68. The van der Waals surface area contributed by atoms with Crippen LogP contribution in [0.1, 0.15) is 17.5 Å². The van der Waals surface area contributed by atoms with Crippen molar-refractivity contribution in [3.8, 4) is 5.75 Å². The van der Waals surface area contributed by atoms with Crippen LogP contribution in [0.25, 0.3) is 0 Å². The van der Waals surface area contributed by atoms with Crippen LogP contribution in [0.3, 0.4) is 0 Å². The maximum absolute atomic E-state index is 11.7. The predicted molar refractivity (Wildman–Crippen MR) is 82.3 cm³/mol. The van der Waals surface area contributed by atoms with E-state index in [1.807, 2.05) is 32.0 Å². The third kappa shape index (κ3) is 5.42. The topological polar surface area (TPSA) is 98.1 Å². The molecule has 122 valence electrons. The Hall–Kier alpha value is -2.90. The zero-order valence-corrected chi connectivity index (χ0v) is 13.1. The molecule has 0 aliphatic rings. The summed E-state index contributed by atoms with van der Waals surface area (Å²) in [7, 11) is 0. The number of benzene rings is 1. The summed E-state index contributed by atoms with van der Waals surface area (Å²) in [6, 6.07) is 5.76. The zero-order valence-electron chi connectivity index (χ0n) is 13.1. The molecule has 2 amide bonds. The van der Waals surface area contributed by atoms with Crippen LogP contribution in [0, 0.1) is 13.8 Å². The lowest BCUT2D eigenvalue weighted by Crippen LogP contribution is -2.44. The van der Waals surface area contributed by atoms with Crippen LogP contribution >= 0.6 is 0 Å². The molecule has 8 heteroatoms. The third-order valence-electron chi connectivity index (χ3n) is 3.08.